The number of piperidine rings is 1. The first-order chi connectivity index (χ1) is 13.1. The third-order valence-corrected chi connectivity index (χ3v) is 5.25. The van der Waals surface area contributed by atoms with E-state index in [1.165, 1.54) is 0 Å². The Balaban J connectivity index is 1.71. The molecule has 1 atom stereocenters. The summed E-state index contributed by atoms with van der Waals surface area (Å²) in [5.74, 6) is 0.869. The fourth-order valence-electron chi connectivity index (χ4n) is 3.81. The zero-order chi connectivity index (χ0) is 19.0. The van der Waals surface area contributed by atoms with Crippen molar-refractivity contribution >= 4 is 16.9 Å². The number of amides is 1. The summed E-state index contributed by atoms with van der Waals surface area (Å²) < 4.78 is 1.88. The second kappa shape index (κ2) is 6.98. The first-order valence-electron chi connectivity index (χ1n) is 9.38. The van der Waals surface area contributed by atoms with Gasteiger partial charge in [-0.1, -0.05) is 0 Å². The summed E-state index contributed by atoms with van der Waals surface area (Å²) in [6, 6.07) is 3.58. The lowest BCUT2D eigenvalue weighted by molar-refractivity contribution is 0.0703. The first-order valence-corrected chi connectivity index (χ1v) is 9.38. The van der Waals surface area contributed by atoms with Crippen molar-refractivity contribution in [2.45, 2.75) is 39.2 Å². The van der Waals surface area contributed by atoms with Crippen molar-refractivity contribution in [2.75, 3.05) is 13.1 Å². The van der Waals surface area contributed by atoms with Gasteiger partial charge >= 0.3 is 0 Å². The minimum Gasteiger partial charge on any atom is -0.348 e. The summed E-state index contributed by atoms with van der Waals surface area (Å²) in [5, 5.41) is 0.493. The van der Waals surface area contributed by atoms with Crippen molar-refractivity contribution in [2.24, 2.45) is 0 Å². The van der Waals surface area contributed by atoms with E-state index in [4.69, 9.17) is 0 Å². The van der Waals surface area contributed by atoms with E-state index in [1.807, 2.05) is 24.5 Å². The van der Waals surface area contributed by atoms with Crippen LogP contribution in [-0.4, -0.2) is 43.4 Å². The van der Waals surface area contributed by atoms with E-state index >= 15 is 0 Å². The predicted octanol–water partition coefficient (Wildman–Crippen LogP) is 2.47. The number of likely N-dealkylation sites (tertiary alicyclic amines) is 1. The highest BCUT2D eigenvalue weighted by atomic mass is 16.2. The molecule has 0 aromatic carbocycles. The average Bonchev–Trinajstić information content (AvgIpc) is 3.23. The molecule has 1 aliphatic rings. The molecule has 0 spiro atoms. The van der Waals surface area contributed by atoms with E-state index in [0.717, 1.165) is 24.4 Å². The van der Waals surface area contributed by atoms with Crippen LogP contribution in [0.5, 0.6) is 0 Å². The van der Waals surface area contributed by atoms with Gasteiger partial charge in [-0.25, -0.2) is 9.97 Å². The molecule has 1 aliphatic heterocycles. The van der Waals surface area contributed by atoms with Crippen LogP contribution in [0.3, 0.4) is 0 Å². The van der Waals surface area contributed by atoms with Gasteiger partial charge in [0.15, 0.2) is 0 Å². The Hall–Kier alpha value is -2.96. The van der Waals surface area contributed by atoms with Crippen molar-refractivity contribution in [1.82, 2.24) is 24.4 Å². The minimum atomic E-state index is -0.243. The number of hydrogen-bond donors (Lipinski definition) is 1. The molecule has 0 aliphatic carbocycles. The highest BCUT2D eigenvalue weighted by Crippen LogP contribution is 2.25. The lowest BCUT2D eigenvalue weighted by atomic mass is 9.96. The van der Waals surface area contributed by atoms with Crippen molar-refractivity contribution in [1.29, 1.82) is 0 Å². The van der Waals surface area contributed by atoms with Gasteiger partial charge < -0.3 is 14.5 Å². The van der Waals surface area contributed by atoms with E-state index in [9.17, 15) is 9.59 Å². The van der Waals surface area contributed by atoms with Crippen LogP contribution in [0.1, 0.15) is 47.6 Å². The Labute approximate surface area is 157 Å². The highest BCUT2D eigenvalue weighted by Gasteiger charge is 2.28. The molecule has 0 bridgehead atoms. The van der Waals surface area contributed by atoms with Crippen molar-refractivity contribution < 1.29 is 4.79 Å². The molecule has 1 fully saturated rings. The number of H-pyrrole nitrogens is 1. The molecule has 7 nitrogen and oxygen atoms in total. The predicted molar refractivity (Wildman–Crippen MR) is 103 cm³/mol. The van der Waals surface area contributed by atoms with Crippen LogP contribution in [0.25, 0.3) is 11.0 Å². The molecule has 0 radical (unpaired) electrons. The molecule has 7 heteroatoms. The number of fused-ring (bicyclic) bond motifs is 1. The van der Waals surface area contributed by atoms with Crippen LogP contribution < -0.4 is 5.43 Å². The molecule has 4 rings (SSSR count). The summed E-state index contributed by atoms with van der Waals surface area (Å²) in [6.45, 7) is 5.75. The van der Waals surface area contributed by atoms with Crippen LogP contribution >= 0.6 is 0 Å². The van der Waals surface area contributed by atoms with Crippen molar-refractivity contribution in [3.63, 3.8) is 0 Å². The number of rotatable bonds is 3. The van der Waals surface area contributed by atoms with E-state index in [0.29, 0.717) is 30.7 Å². The third-order valence-electron chi connectivity index (χ3n) is 5.25. The van der Waals surface area contributed by atoms with Gasteiger partial charge in [-0.05, 0) is 38.8 Å². The Morgan fingerprint density at radius 1 is 1.37 bits per heavy atom. The monoisotopic (exact) mass is 365 g/mol. The van der Waals surface area contributed by atoms with Crippen LogP contribution in [-0.2, 0) is 6.54 Å². The number of carbonyl (C=O) groups is 1. The van der Waals surface area contributed by atoms with Gasteiger partial charge in [-0.2, -0.15) is 0 Å². The zero-order valence-electron chi connectivity index (χ0n) is 15.6. The van der Waals surface area contributed by atoms with Crippen LogP contribution in [0.2, 0.25) is 0 Å². The standard InChI is InChI=1S/C20H23N5O2/c1-3-24-12-16(17(26)15-7-6-13(2)23-19(15)24)20(27)25-10-4-5-14(11-25)18-21-8-9-22-18/h6-9,12,14H,3-5,10-11H2,1-2H3,(H,21,22)/t14-/m0/s1. The smallest absolute Gasteiger partial charge is 0.259 e. The van der Waals surface area contributed by atoms with Gasteiger partial charge in [0.05, 0.1) is 5.39 Å². The van der Waals surface area contributed by atoms with Crippen LogP contribution in [0.4, 0.5) is 0 Å². The molecule has 0 saturated carbocycles. The lowest BCUT2D eigenvalue weighted by Crippen LogP contribution is -2.41. The van der Waals surface area contributed by atoms with E-state index < -0.39 is 0 Å². The molecule has 4 heterocycles. The Kier molecular flexibility index (Phi) is 4.51. The topological polar surface area (TPSA) is 83.9 Å². The zero-order valence-corrected chi connectivity index (χ0v) is 15.6. The number of hydrogen-bond acceptors (Lipinski definition) is 4. The van der Waals surface area contributed by atoms with Gasteiger partial charge in [0, 0.05) is 49.8 Å². The van der Waals surface area contributed by atoms with Gasteiger partial charge in [-0.15, -0.1) is 0 Å². The molecule has 0 unspecified atom stereocenters. The summed E-state index contributed by atoms with van der Waals surface area (Å²) in [5.41, 5.74) is 1.45. The maximum atomic E-state index is 13.2. The molecule has 1 saturated heterocycles. The fourth-order valence-corrected chi connectivity index (χ4v) is 3.81. The number of nitrogens with one attached hydrogen (secondary N) is 1. The number of aromatic nitrogens is 4. The molecule has 140 valence electrons. The normalized spacial score (nSPS) is 17.4. The number of aromatic amines is 1. The van der Waals surface area contributed by atoms with E-state index in [-0.39, 0.29) is 22.8 Å². The van der Waals surface area contributed by atoms with Gasteiger partial charge in [0.1, 0.15) is 17.0 Å². The van der Waals surface area contributed by atoms with E-state index in [1.54, 1.807) is 29.6 Å². The van der Waals surface area contributed by atoms with Crippen LogP contribution in [0.15, 0.2) is 35.5 Å². The molecular weight excluding hydrogens is 342 g/mol. The SMILES string of the molecule is CCn1cc(C(=O)N2CCC[C@H](c3ncc[nH]3)C2)c(=O)c2ccc(C)nc21. The summed E-state index contributed by atoms with van der Waals surface area (Å²) in [6.07, 6.45) is 7.07. The lowest BCUT2D eigenvalue weighted by Gasteiger charge is -2.32. The van der Waals surface area contributed by atoms with Crippen molar-refractivity contribution in [3.8, 4) is 0 Å². The minimum absolute atomic E-state index is 0.177. The third kappa shape index (κ3) is 3.13. The Morgan fingerprint density at radius 2 is 2.22 bits per heavy atom. The molecule has 3 aromatic heterocycles. The Morgan fingerprint density at radius 3 is 2.96 bits per heavy atom. The Bertz CT molecular complexity index is 1040. The van der Waals surface area contributed by atoms with Gasteiger partial charge in [0.2, 0.25) is 5.43 Å². The molecular formula is C20H23N5O2. The van der Waals surface area contributed by atoms with Gasteiger partial charge in [0.25, 0.3) is 5.91 Å². The maximum Gasteiger partial charge on any atom is 0.259 e. The number of carbonyl (C=O) groups excluding carboxylic acids is 1. The molecule has 1 N–H and O–H groups in total. The second-order valence-corrected chi connectivity index (χ2v) is 7.05. The first kappa shape index (κ1) is 17.5. The number of aryl methyl sites for hydroxylation is 2. The molecule has 27 heavy (non-hydrogen) atoms. The number of nitrogens with zero attached hydrogens (tertiary/aromatic N) is 4. The van der Waals surface area contributed by atoms with Crippen LogP contribution in [0, 0.1) is 6.92 Å². The summed E-state index contributed by atoms with van der Waals surface area (Å²) in [7, 11) is 0. The second-order valence-electron chi connectivity index (χ2n) is 7.05. The number of pyridine rings is 2. The highest BCUT2D eigenvalue weighted by molar-refractivity contribution is 5.97. The quantitative estimate of drug-likeness (QED) is 0.773. The van der Waals surface area contributed by atoms with Crippen molar-refractivity contribution in [3.05, 3.63) is 58.0 Å². The molecule has 1 amide bonds. The summed E-state index contributed by atoms with van der Waals surface area (Å²) in [4.78, 5) is 39.9. The van der Waals surface area contributed by atoms with E-state index in [2.05, 4.69) is 15.0 Å². The van der Waals surface area contributed by atoms with Gasteiger partial charge in [-0.3, -0.25) is 9.59 Å². The fraction of sp³-hybridized carbons (Fsp3) is 0.400. The number of imidazole rings is 1. The average molecular weight is 365 g/mol. The molecule has 3 aromatic rings. The largest absolute Gasteiger partial charge is 0.348 e. The maximum absolute atomic E-state index is 13.2. The summed E-state index contributed by atoms with van der Waals surface area (Å²) >= 11 is 0.